The number of aromatic carboxylic acids is 1. The molecule has 2 aromatic rings. The molecule has 16 heavy (non-hydrogen) atoms. The molecule has 6 nitrogen and oxygen atoms in total. The Morgan fingerprint density at radius 1 is 1.38 bits per heavy atom. The second kappa shape index (κ2) is 3.34. The van der Waals surface area contributed by atoms with Crippen LogP contribution in [0.4, 0.5) is 0 Å². The lowest BCUT2D eigenvalue weighted by Gasteiger charge is -1.97. The van der Waals surface area contributed by atoms with Gasteiger partial charge in [-0.2, -0.15) is 4.73 Å². The molecule has 82 valence electrons. The third kappa shape index (κ3) is 1.40. The van der Waals surface area contributed by atoms with E-state index in [1.54, 1.807) is 0 Å². The van der Waals surface area contributed by atoms with Gasteiger partial charge in [0.2, 0.25) is 0 Å². The molecule has 0 bridgehead atoms. The van der Waals surface area contributed by atoms with Gasteiger partial charge in [-0.05, 0) is 25.1 Å². The number of carbonyl (C=O) groups is 2. The Labute approximate surface area is 89.7 Å². The van der Waals surface area contributed by atoms with Crippen LogP contribution in [0.25, 0.3) is 11.0 Å². The monoisotopic (exact) mass is 220 g/mol. The van der Waals surface area contributed by atoms with Crippen molar-refractivity contribution in [3.05, 3.63) is 29.6 Å². The zero-order chi connectivity index (χ0) is 11.9. The van der Waals surface area contributed by atoms with Crippen molar-refractivity contribution in [1.82, 2.24) is 9.71 Å². The maximum Gasteiger partial charge on any atom is 0.375 e. The van der Waals surface area contributed by atoms with E-state index >= 15 is 0 Å². The smallest absolute Gasteiger partial charge is 0.375 e. The standard InChI is InChI=1S/C10H8N2O4/c1-5(13)6-2-3-7-8(4-6)12(16)9(11-7)10(14)15/h2-4,16H,1H3,(H,14,15). The second-order valence-electron chi connectivity index (χ2n) is 3.31. The van der Waals surface area contributed by atoms with Gasteiger partial charge >= 0.3 is 5.97 Å². The van der Waals surface area contributed by atoms with Crippen molar-refractivity contribution in [2.75, 3.05) is 0 Å². The fourth-order valence-electron chi connectivity index (χ4n) is 1.42. The molecule has 2 rings (SSSR count). The van der Waals surface area contributed by atoms with Crippen LogP contribution in [0.1, 0.15) is 27.9 Å². The van der Waals surface area contributed by atoms with E-state index in [2.05, 4.69) is 4.98 Å². The Bertz CT molecular complexity index is 600. The Hall–Kier alpha value is -2.37. The first-order valence-electron chi connectivity index (χ1n) is 4.46. The summed E-state index contributed by atoms with van der Waals surface area (Å²) in [5.74, 6) is -1.97. The summed E-state index contributed by atoms with van der Waals surface area (Å²) in [5, 5.41) is 18.3. The van der Waals surface area contributed by atoms with Crippen molar-refractivity contribution in [1.29, 1.82) is 0 Å². The molecule has 0 spiro atoms. The minimum absolute atomic E-state index is 0.167. The highest BCUT2D eigenvalue weighted by molar-refractivity contribution is 5.98. The zero-order valence-corrected chi connectivity index (χ0v) is 8.34. The average Bonchev–Trinajstić information content (AvgIpc) is 2.56. The molecule has 1 aromatic carbocycles. The molecule has 0 aliphatic carbocycles. The quantitative estimate of drug-likeness (QED) is 0.585. The van der Waals surface area contributed by atoms with E-state index in [1.165, 1.54) is 25.1 Å². The highest BCUT2D eigenvalue weighted by atomic mass is 16.5. The molecular formula is C10H8N2O4. The second-order valence-corrected chi connectivity index (χ2v) is 3.31. The van der Waals surface area contributed by atoms with Crippen LogP contribution in [0.3, 0.4) is 0 Å². The number of nitrogens with zero attached hydrogens (tertiary/aromatic N) is 2. The normalized spacial score (nSPS) is 10.6. The summed E-state index contributed by atoms with van der Waals surface area (Å²) in [6.07, 6.45) is 0. The van der Waals surface area contributed by atoms with Crippen molar-refractivity contribution in [3.63, 3.8) is 0 Å². The van der Waals surface area contributed by atoms with Crippen LogP contribution in [0, 0.1) is 0 Å². The molecule has 0 saturated heterocycles. The van der Waals surface area contributed by atoms with Crippen molar-refractivity contribution in [3.8, 4) is 0 Å². The molecular weight excluding hydrogens is 212 g/mol. The molecule has 1 aromatic heterocycles. The molecule has 0 aliphatic rings. The fourth-order valence-corrected chi connectivity index (χ4v) is 1.42. The number of hydrogen-bond donors (Lipinski definition) is 2. The molecule has 0 fully saturated rings. The lowest BCUT2D eigenvalue weighted by Crippen LogP contribution is -2.06. The summed E-state index contributed by atoms with van der Waals surface area (Å²) in [7, 11) is 0. The number of carbonyl (C=O) groups excluding carboxylic acids is 1. The summed E-state index contributed by atoms with van der Waals surface area (Å²) in [4.78, 5) is 25.5. The predicted molar refractivity (Wildman–Crippen MR) is 53.9 cm³/mol. The first-order valence-corrected chi connectivity index (χ1v) is 4.46. The lowest BCUT2D eigenvalue weighted by atomic mass is 10.1. The van der Waals surface area contributed by atoms with Gasteiger partial charge in [-0.15, -0.1) is 0 Å². The van der Waals surface area contributed by atoms with Gasteiger partial charge in [0.25, 0.3) is 5.82 Å². The van der Waals surface area contributed by atoms with E-state index in [-0.39, 0.29) is 11.3 Å². The van der Waals surface area contributed by atoms with Crippen LogP contribution in [0.15, 0.2) is 18.2 Å². The van der Waals surface area contributed by atoms with Gasteiger partial charge < -0.3 is 10.3 Å². The fraction of sp³-hybridized carbons (Fsp3) is 0.100. The number of Topliss-reactive ketones (excluding diaryl/α,β-unsaturated/α-hetero) is 1. The van der Waals surface area contributed by atoms with Gasteiger partial charge in [-0.3, -0.25) is 4.79 Å². The number of fused-ring (bicyclic) bond motifs is 1. The topological polar surface area (TPSA) is 92.4 Å². The molecule has 6 heteroatoms. The van der Waals surface area contributed by atoms with Crippen LogP contribution in [-0.2, 0) is 0 Å². The minimum Gasteiger partial charge on any atom is -0.475 e. The van der Waals surface area contributed by atoms with Gasteiger partial charge in [0.15, 0.2) is 5.78 Å². The Kier molecular flexibility index (Phi) is 2.12. The first kappa shape index (κ1) is 10.2. The van der Waals surface area contributed by atoms with Crippen LogP contribution < -0.4 is 0 Å². The summed E-state index contributed by atoms with van der Waals surface area (Å²) >= 11 is 0. The van der Waals surface area contributed by atoms with Crippen molar-refractivity contribution < 1.29 is 19.9 Å². The van der Waals surface area contributed by atoms with Crippen molar-refractivity contribution in [2.45, 2.75) is 6.92 Å². The summed E-state index contributed by atoms with van der Waals surface area (Å²) in [6, 6.07) is 4.42. The Balaban J connectivity index is 2.73. The molecule has 0 aliphatic heterocycles. The number of ketones is 1. The number of rotatable bonds is 2. The van der Waals surface area contributed by atoms with Gasteiger partial charge in [0.1, 0.15) is 5.52 Å². The molecule has 0 radical (unpaired) electrons. The van der Waals surface area contributed by atoms with Crippen LogP contribution in [-0.4, -0.2) is 31.8 Å². The van der Waals surface area contributed by atoms with E-state index in [1.807, 2.05) is 0 Å². The third-order valence-electron chi connectivity index (χ3n) is 2.23. The summed E-state index contributed by atoms with van der Waals surface area (Å²) in [5.41, 5.74) is 0.912. The van der Waals surface area contributed by atoms with E-state index < -0.39 is 11.8 Å². The predicted octanol–water partition coefficient (Wildman–Crippen LogP) is 1.17. The first-order chi connectivity index (χ1) is 7.50. The third-order valence-corrected chi connectivity index (χ3v) is 2.23. The molecule has 0 saturated carbocycles. The lowest BCUT2D eigenvalue weighted by molar-refractivity contribution is 0.0639. The Morgan fingerprint density at radius 2 is 2.06 bits per heavy atom. The number of carboxylic acids is 1. The number of imidazole rings is 1. The molecule has 2 N–H and O–H groups in total. The minimum atomic E-state index is -1.33. The van der Waals surface area contributed by atoms with Gasteiger partial charge in [-0.25, -0.2) is 9.78 Å². The molecule has 0 atom stereocenters. The maximum absolute atomic E-state index is 11.1. The van der Waals surface area contributed by atoms with Gasteiger partial charge in [-0.1, -0.05) is 0 Å². The number of carboxylic acid groups (broad SMARTS) is 1. The SMILES string of the molecule is CC(=O)c1ccc2nc(C(=O)O)n(O)c2c1. The van der Waals surface area contributed by atoms with E-state index in [4.69, 9.17) is 5.11 Å². The summed E-state index contributed by atoms with van der Waals surface area (Å²) < 4.78 is 0.462. The van der Waals surface area contributed by atoms with Gasteiger partial charge in [0, 0.05) is 5.56 Å². The van der Waals surface area contributed by atoms with E-state index in [0.717, 1.165) is 0 Å². The highest BCUT2D eigenvalue weighted by Crippen LogP contribution is 2.17. The van der Waals surface area contributed by atoms with Crippen LogP contribution in [0.5, 0.6) is 0 Å². The maximum atomic E-state index is 11.1. The number of benzene rings is 1. The summed E-state index contributed by atoms with van der Waals surface area (Å²) in [6.45, 7) is 1.39. The zero-order valence-electron chi connectivity index (χ0n) is 8.34. The van der Waals surface area contributed by atoms with Gasteiger partial charge in [0.05, 0.1) is 5.52 Å². The Morgan fingerprint density at radius 3 is 2.62 bits per heavy atom. The van der Waals surface area contributed by atoms with E-state index in [0.29, 0.717) is 15.8 Å². The molecule has 1 heterocycles. The largest absolute Gasteiger partial charge is 0.475 e. The average molecular weight is 220 g/mol. The van der Waals surface area contributed by atoms with Crippen molar-refractivity contribution in [2.24, 2.45) is 0 Å². The van der Waals surface area contributed by atoms with Crippen molar-refractivity contribution >= 4 is 22.8 Å². The van der Waals surface area contributed by atoms with E-state index in [9.17, 15) is 14.8 Å². The number of aromatic nitrogens is 2. The molecule has 0 unspecified atom stereocenters. The number of hydrogen-bond acceptors (Lipinski definition) is 4. The highest BCUT2D eigenvalue weighted by Gasteiger charge is 2.16. The van der Waals surface area contributed by atoms with Crippen LogP contribution >= 0.6 is 0 Å². The molecule has 0 amide bonds. The van der Waals surface area contributed by atoms with Crippen LogP contribution in [0.2, 0.25) is 0 Å².